The third kappa shape index (κ3) is 3.60. The van der Waals surface area contributed by atoms with Gasteiger partial charge < -0.3 is 11.1 Å². The molecule has 104 valence electrons. The molecular weight excluding hydrogens is 265 g/mol. The molecule has 0 spiro atoms. The Bertz CT molecular complexity index is 549. The van der Waals surface area contributed by atoms with E-state index in [-0.39, 0.29) is 24.5 Å². The second-order valence-electron chi connectivity index (χ2n) is 4.03. The van der Waals surface area contributed by atoms with Crippen molar-refractivity contribution in [2.24, 2.45) is 0 Å². The highest BCUT2D eigenvalue weighted by Gasteiger charge is 2.14. The predicted octanol–water partition coefficient (Wildman–Crippen LogP) is 3.08. The molecule has 1 atom stereocenters. The molecule has 0 radical (unpaired) electrons. The smallest absolute Gasteiger partial charge is 0.228 e. The summed E-state index contributed by atoms with van der Waals surface area (Å²) in [6, 6.07) is 1.44. The Labute approximate surface area is 116 Å². The fraction of sp³-hybridized carbons (Fsp3) is 0.417. The Morgan fingerprint density at radius 3 is 2.53 bits per heavy atom. The van der Waals surface area contributed by atoms with Crippen molar-refractivity contribution in [1.82, 2.24) is 15.0 Å². The Kier molecular flexibility index (Phi) is 4.77. The predicted molar refractivity (Wildman–Crippen MR) is 76.8 cm³/mol. The zero-order chi connectivity index (χ0) is 13.3. The quantitative estimate of drug-likeness (QED) is 0.905. The number of hydrogen-bond acceptors (Lipinski definition) is 6. The number of halogens is 1. The first kappa shape index (κ1) is 15.3. The highest BCUT2D eigenvalue weighted by Crippen LogP contribution is 2.28. The number of aryl methyl sites for hydroxylation is 2. The van der Waals surface area contributed by atoms with Crippen LogP contribution in [0, 0.1) is 19.0 Å². The van der Waals surface area contributed by atoms with Gasteiger partial charge in [0.25, 0.3) is 0 Å². The summed E-state index contributed by atoms with van der Waals surface area (Å²) < 4.78 is 13.1. The number of anilines is 2. The number of thiophene rings is 1. The Morgan fingerprint density at radius 1 is 1.32 bits per heavy atom. The van der Waals surface area contributed by atoms with Gasteiger partial charge in [-0.2, -0.15) is 19.3 Å². The van der Waals surface area contributed by atoms with Crippen LogP contribution in [0.25, 0.3) is 0 Å². The molecule has 2 aromatic rings. The van der Waals surface area contributed by atoms with Gasteiger partial charge in [0.05, 0.1) is 6.04 Å². The standard InChI is InChI=1S/C11H14FN5S.CH4/c1-5-4-8(12)18-9(5)6(2)14-11-16-7(3)15-10(13)17-11;/h4,6H,1-3H3,(H3,13,14,15,16,17);1H4. The lowest BCUT2D eigenvalue weighted by atomic mass is 10.2. The maximum absolute atomic E-state index is 13.1. The zero-order valence-corrected chi connectivity index (χ0v) is 11.2. The lowest BCUT2D eigenvalue weighted by Crippen LogP contribution is -2.11. The van der Waals surface area contributed by atoms with E-state index in [1.54, 1.807) is 6.92 Å². The van der Waals surface area contributed by atoms with Gasteiger partial charge >= 0.3 is 0 Å². The molecule has 19 heavy (non-hydrogen) atoms. The SMILES string of the molecule is C.Cc1nc(N)nc(NC(C)c2sc(F)cc2C)n1. The molecule has 0 bridgehead atoms. The van der Waals surface area contributed by atoms with Crippen LogP contribution in [-0.2, 0) is 0 Å². The molecule has 0 aromatic carbocycles. The minimum absolute atomic E-state index is 0. The van der Waals surface area contributed by atoms with Gasteiger partial charge in [0, 0.05) is 4.88 Å². The molecule has 1 unspecified atom stereocenters. The number of nitrogens with two attached hydrogens (primary N) is 1. The molecule has 2 rings (SSSR count). The lowest BCUT2D eigenvalue weighted by Gasteiger charge is -2.13. The maximum atomic E-state index is 13.1. The minimum Gasteiger partial charge on any atom is -0.368 e. The van der Waals surface area contributed by atoms with Crippen molar-refractivity contribution in [3.8, 4) is 0 Å². The Hall–Kier alpha value is -1.76. The molecule has 2 heterocycles. The van der Waals surface area contributed by atoms with Crippen molar-refractivity contribution >= 4 is 23.2 Å². The summed E-state index contributed by atoms with van der Waals surface area (Å²) in [6.07, 6.45) is 0. The van der Waals surface area contributed by atoms with Crippen molar-refractivity contribution in [2.45, 2.75) is 34.2 Å². The summed E-state index contributed by atoms with van der Waals surface area (Å²) in [5.74, 6) is 1.12. The maximum Gasteiger partial charge on any atom is 0.228 e. The second-order valence-corrected chi connectivity index (χ2v) is 5.06. The van der Waals surface area contributed by atoms with Gasteiger partial charge in [0.1, 0.15) is 5.82 Å². The summed E-state index contributed by atoms with van der Waals surface area (Å²) in [4.78, 5) is 12.9. The van der Waals surface area contributed by atoms with Crippen LogP contribution in [0.4, 0.5) is 16.3 Å². The number of nitrogens with zero attached hydrogens (tertiary/aromatic N) is 3. The molecule has 7 heteroatoms. The Morgan fingerprint density at radius 2 is 2.00 bits per heavy atom. The number of rotatable bonds is 3. The zero-order valence-electron chi connectivity index (χ0n) is 10.4. The summed E-state index contributed by atoms with van der Waals surface area (Å²) in [6.45, 7) is 5.54. The molecule has 0 saturated carbocycles. The third-order valence-electron chi connectivity index (χ3n) is 2.43. The molecule has 0 fully saturated rings. The fourth-order valence-corrected chi connectivity index (χ4v) is 2.61. The van der Waals surface area contributed by atoms with Gasteiger partial charge in [-0.25, -0.2) is 0 Å². The van der Waals surface area contributed by atoms with E-state index < -0.39 is 0 Å². The van der Waals surface area contributed by atoms with Crippen LogP contribution in [0.2, 0.25) is 0 Å². The van der Waals surface area contributed by atoms with Crippen LogP contribution >= 0.6 is 11.3 Å². The molecule has 0 aliphatic rings. The van der Waals surface area contributed by atoms with E-state index in [2.05, 4.69) is 20.3 Å². The summed E-state index contributed by atoms with van der Waals surface area (Å²) in [5.41, 5.74) is 6.46. The molecule has 0 aliphatic carbocycles. The number of aromatic nitrogens is 3. The van der Waals surface area contributed by atoms with Crippen LogP contribution in [0.15, 0.2) is 6.07 Å². The molecule has 3 N–H and O–H groups in total. The lowest BCUT2D eigenvalue weighted by molar-refractivity contribution is 0.656. The number of nitrogen functional groups attached to an aromatic ring is 1. The Balaban J connectivity index is 0.00000180. The highest BCUT2D eigenvalue weighted by molar-refractivity contribution is 7.10. The normalized spacial score (nSPS) is 11.8. The summed E-state index contributed by atoms with van der Waals surface area (Å²) in [7, 11) is 0. The van der Waals surface area contributed by atoms with Crippen LogP contribution in [0.3, 0.4) is 0 Å². The monoisotopic (exact) mass is 283 g/mol. The number of hydrogen-bond donors (Lipinski definition) is 2. The first-order valence-corrected chi connectivity index (χ1v) is 6.28. The molecule has 5 nitrogen and oxygen atoms in total. The van der Waals surface area contributed by atoms with Crippen LogP contribution in [-0.4, -0.2) is 15.0 Å². The van der Waals surface area contributed by atoms with Gasteiger partial charge in [0.15, 0.2) is 5.13 Å². The molecule has 0 saturated heterocycles. The highest BCUT2D eigenvalue weighted by atomic mass is 32.1. The van der Waals surface area contributed by atoms with Gasteiger partial charge in [-0.15, -0.1) is 11.3 Å². The molecule has 2 aromatic heterocycles. The fourth-order valence-electron chi connectivity index (χ4n) is 1.71. The third-order valence-corrected chi connectivity index (χ3v) is 3.64. The van der Waals surface area contributed by atoms with Crippen LogP contribution < -0.4 is 11.1 Å². The topological polar surface area (TPSA) is 76.7 Å². The molecule has 0 aliphatic heterocycles. The van der Waals surface area contributed by atoms with Crippen molar-refractivity contribution in [3.63, 3.8) is 0 Å². The van der Waals surface area contributed by atoms with Gasteiger partial charge in [-0.1, -0.05) is 7.43 Å². The summed E-state index contributed by atoms with van der Waals surface area (Å²) >= 11 is 1.12. The average molecular weight is 283 g/mol. The van der Waals surface area contributed by atoms with Gasteiger partial charge in [0.2, 0.25) is 11.9 Å². The number of nitrogens with one attached hydrogen (secondary N) is 1. The van der Waals surface area contributed by atoms with Crippen molar-refractivity contribution < 1.29 is 4.39 Å². The molecule has 0 amide bonds. The van der Waals surface area contributed by atoms with Gasteiger partial charge in [-0.05, 0) is 32.4 Å². The van der Waals surface area contributed by atoms with E-state index in [1.807, 2.05) is 13.8 Å². The van der Waals surface area contributed by atoms with Crippen molar-refractivity contribution in [2.75, 3.05) is 11.1 Å². The van der Waals surface area contributed by atoms with Crippen LogP contribution in [0.1, 0.15) is 36.7 Å². The van der Waals surface area contributed by atoms with Crippen molar-refractivity contribution in [3.05, 3.63) is 27.5 Å². The molecular formula is C12H18FN5S. The van der Waals surface area contributed by atoms with E-state index in [4.69, 9.17) is 5.73 Å². The van der Waals surface area contributed by atoms with Gasteiger partial charge in [-0.3, -0.25) is 0 Å². The van der Waals surface area contributed by atoms with E-state index in [0.717, 1.165) is 21.8 Å². The van der Waals surface area contributed by atoms with E-state index in [9.17, 15) is 4.39 Å². The van der Waals surface area contributed by atoms with Crippen molar-refractivity contribution in [1.29, 1.82) is 0 Å². The largest absolute Gasteiger partial charge is 0.368 e. The second kappa shape index (κ2) is 5.92. The first-order valence-electron chi connectivity index (χ1n) is 5.46. The van der Waals surface area contributed by atoms with E-state index in [1.165, 1.54) is 6.07 Å². The summed E-state index contributed by atoms with van der Waals surface area (Å²) in [5, 5.41) is 2.90. The van der Waals surface area contributed by atoms with E-state index >= 15 is 0 Å². The van der Waals surface area contributed by atoms with Crippen LogP contribution in [0.5, 0.6) is 0 Å². The van der Waals surface area contributed by atoms with E-state index in [0.29, 0.717) is 11.8 Å². The first-order chi connectivity index (χ1) is 8.45. The minimum atomic E-state index is -0.192. The average Bonchev–Trinajstić information content (AvgIpc) is 2.56.